The van der Waals surface area contributed by atoms with Crippen LogP contribution in [-0.2, 0) is 0 Å². The zero-order valence-electron chi connectivity index (χ0n) is 9.00. The Morgan fingerprint density at radius 3 is 2.12 bits per heavy atom. The monoisotopic (exact) mass is 316 g/mol. The molecule has 0 bridgehead atoms. The maximum atomic E-state index is 2.36. The molecule has 0 fully saturated rings. The average Bonchev–Trinajstić information content (AvgIpc) is 2.28. The molecule has 3 aromatic carbocycles. The van der Waals surface area contributed by atoms with E-state index >= 15 is 0 Å². The Bertz CT molecular complexity index is 628. The molecule has 0 saturated heterocycles. The fourth-order valence-electron chi connectivity index (χ4n) is 2.16. The van der Waals surface area contributed by atoms with Gasteiger partial charge in [0.15, 0.2) is 0 Å². The van der Waals surface area contributed by atoms with E-state index in [1.807, 2.05) is 0 Å². The van der Waals surface area contributed by atoms with Crippen LogP contribution in [-0.4, -0.2) is 7.85 Å². The number of benzene rings is 3. The first-order chi connectivity index (χ1) is 7.74. The van der Waals surface area contributed by atoms with Crippen LogP contribution in [0.4, 0.5) is 0 Å². The van der Waals surface area contributed by atoms with E-state index in [1.54, 1.807) is 0 Å². The van der Waals surface area contributed by atoms with Gasteiger partial charge in [0.2, 0.25) is 0 Å². The highest BCUT2D eigenvalue weighted by Crippen LogP contribution is 2.25. The van der Waals surface area contributed by atoms with Gasteiger partial charge in [-0.1, -0.05) is 41.9 Å². The van der Waals surface area contributed by atoms with Gasteiger partial charge in [-0.2, -0.15) is 0 Å². The predicted molar refractivity (Wildman–Crippen MR) is 82.3 cm³/mol. The largest absolute Gasteiger partial charge is 0.139 e. The third-order valence-corrected chi connectivity index (χ3v) is 3.62. The number of rotatable bonds is 0. The van der Waals surface area contributed by atoms with Gasteiger partial charge in [0.05, 0.1) is 0 Å². The molecule has 2 heteroatoms. The molecule has 0 spiro atoms. The normalized spacial score (nSPS) is 11.1. The minimum atomic E-state index is 1.29. The van der Waals surface area contributed by atoms with Crippen molar-refractivity contribution in [2.24, 2.45) is 0 Å². The zero-order valence-corrected chi connectivity index (χ0v) is 11.2. The third-order valence-electron chi connectivity index (χ3n) is 2.95. The molecule has 16 heavy (non-hydrogen) atoms. The quantitative estimate of drug-likeness (QED) is 0.340. The van der Waals surface area contributed by atoms with Crippen LogP contribution < -0.4 is 5.46 Å². The van der Waals surface area contributed by atoms with Crippen molar-refractivity contribution in [2.75, 3.05) is 0 Å². The topological polar surface area (TPSA) is 0 Å². The molecule has 0 unspecified atom stereocenters. The molecule has 0 radical (unpaired) electrons. The summed E-state index contributed by atoms with van der Waals surface area (Å²) in [6.07, 6.45) is 0. The molecule has 0 aliphatic heterocycles. The smallest absolute Gasteiger partial charge is 0.0883 e. The number of hydrogen-bond acceptors (Lipinski definition) is 0. The van der Waals surface area contributed by atoms with Crippen molar-refractivity contribution in [3.8, 4) is 0 Å². The lowest BCUT2D eigenvalue weighted by Gasteiger charge is -2.05. The highest BCUT2D eigenvalue weighted by atomic mass is 127. The van der Waals surface area contributed by atoms with Crippen molar-refractivity contribution in [1.82, 2.24) is 0 Å². The molecule has 0 heterocycles. The molecule has 0 N–H and O–H groups in total. The zero-order chi connectivity index (χ0) is 11.1. The van der Waals surface area contributed by atoms with Gasteiger partial charge in [0.1, 0.15) is 7.85 Å². The van der Waals surface area contributed by atoms with Crippen LogP contribution in [0.3, 0.4) is 0 Å². The van der Waals surface area contributed by atoms with Crippen molar-refractivity contribution in [2.45, 2.75) is 0 Å². The Kier molecular flexibility index (Phi) is 2.39. The van der Waals surface area contributed by atoms with Gasteiger partial charge in [0.25, 0.3) is 0 Å². The van der Waals surface area contributed by atoms with Gasteiger partial charge in [-0.25, -0.2) is 0 Å². The lowest BCUT2D eigenvalue weighted by Crippen LogP contribution is -1.99. The molecule has 0 aromatic heterocycles. The summed E-state index contributed by atoms with van der Waals surface area (Å²) in [6, 6.07) is 17.7. The first-order valence-corrected chi connectivity index (χ1v) is 6.40. The summed E-state index contributed by atoms with van der Waals surface area (Å²) in [5, 5.41) is 5.34. The predicted octanol–water partition coefficient (Wildman–Crippen LogP) is 2.86. The van der Waals surface area contributed by atoms with Crippen LogP contribution in [0.15, 0.2) is 48.5 Å². The SMILES string of the molecule is Bc1ccc2c(ccc3cc(I)ccc32)c1. The minimum Gasteiger partial charge on any atom is -0.0883 e. The lowest BCUT2D eigenvalue weighted by atomic mass is 9.92. The minimum absolute atomic E-state index is 1.29. The van der Waals surface area contributed by atoms with E-state index in [0.717, 1.165) is 0 Å². The fraction of sp³-hybridized carbons (Fsp3) is 0. The Morgan fingerprint density at radius 1 is 0.750 bits per heavy atom. The standard InChI is InChI=1S/C14H10BI/c15-11-3-5-13-9(7-11)1-2-10-8-12(16)4-6-14(10)13/h1-8H,15H2. The molecular formula is C14H10BI. The van der Waals surface area contributed by atoms with Gasteiger partial charge >= 0.3 is 0 Å². The molecular weight excluding hydrogens is 306 g/mol. The van der Waals surface area contributed by atoms with Crippen LogP contribution in [0.2, 0.25) is 0 Å². The maximum Gasteiger partial charge on any atom is 0.139 e. The summed E-state index contributed by atoms with van der Waals surface area (Å²) in [5.41, 5.74) is 1.32. The van der Waals surface area contributed by atoms with Crippen LogP contribution in [0.1, 0.15) is 0 Å². The van der Waals surface area contributed by atoms with E-state index in [0.29, 0.717) is 0 Å². The van der Waals surface area contributed by atoms with E-state index in [9.17, 15) is 0 Å². The second-order valence-electron chi connectivity index (χ2n) is 4.16. The molecule has 3 aromatic rings. The van der Waals surface area contributed by atoms with Crippen molar-refractivity contribution in [3.63, 3.8) is 0 Å². The average molecular weight is 316 g/mol. The van der Waals surface area contributed by atoms with Crippen LogP contribution >= 0.6 is 22.6 Å². The lowest BCUT2D eigenvalue weighted by molar-refractivity contribution is 1.72. The molecule has 0 atom stereocenters. The van der Waals surface area contributed by atoms with E-state index < -0.39 is 0 Å². The summed E-state index contributed by atoms with van der Waals surface area (Å²) >= 11 is 2.36. The summed E-state index contributed by atoms with van der Waals surface area (Å²) < 4.78 is 1.29. The highest BCUT2D eigenvalue weighted by Gasteiger charge is 2.00. The van der Waals surface area contributed by atoms with Crippen LogP contribution in [0.25, 0.3) is 21.5 Å². The Labute approximate surface area is 109 Å². The highest BCUT2D eigenvalue weighted by molar-refractivity contribution is 14.1. The summed E-state index contributed by atoms with van der Waals surface area (Å²) in [6.45, 7) is 0. The third kappa shape index (κ3) is 1.61. The molecule has 3 rings (SSSR count). The van der Waals surface area contributed by atoms with Crippen molar-refractivity contribution < 1.29 is 0 Å². The van der Waals surface area contributed by atoms with Gasteiger partial charge in [-0.15, -0.1) is 0 Å². The second-order valence-corrected chi connectivity index (χ2v) is 5.40. The van der Waals surface area contributed by atoms with Gasteiger partial charge in [0, 0.05) is 3.57 Å². The number of halogens is 1. The number of fused-ring (bicyclic) bond motifs is 3. The van der Waals surface area contributed by atoms with Crippen LogP contribution in [0, 0.1) is 3.57 Å². The van der Waals surface area contributed by atoms with Gasteiger partial charge in [-0.3, -0.25) is 0 Å². The summed E-state index contributed by atoms with van der Waals surface area (Å²) in [7, 11) is 2.14. The van der Waals surface area contributed by atoms with E-state index in [1.165, 1.54) is 30.6 Å². The second kappa shape index (κ2) is 3.77. The fourth-order valence-corrected chi connectivity index (χ4v) is 2.68. The first kappa shape index (κ1) is 10.1. The molecule has 0 aliphatic carbocycles. The molecule has 0 amide bonds. The maximum absolute atomic E-state index is 2.36. The molecule has 0 nitrogen and oxygen atoms in total. The summed E-state index contributed by atoms with van der Waals surface area (Å²) in [4.78, 5) is 0. The van der Waals surface area contributed by atoms with Gasteiger partial charge < -0.3 is 0 Å². The molecule has 0 saturated carbocycles. The Balaban J connectivity index is 2.50. The molecule has 76 valence electrons. The Morgan fingerprint density at radius 2 is 1.38 bits per heavy atom. The van der Waals surface area contributed by atoms with E-state index in [2.05, 4.69) is 79.0 Å². The summed E-state index contributed by atoms with van der Waals surface area (Å²) in [5.74, 6) is 0. The number of hydrogen-bond donors (Lipinski definition) is 0. The molecule has 0 aliphatic rings. The van der Waals surface area contributed by atoms with E-state index in [-0.39, 0.29) is 0 Å². The van der Waals surface area contributed by atoms with Crippen molar-refractivity contribution in [3.05, 3.63) is 52.1 Å². The van der Waals surface area contributed by atoms with Crippen LogP contribution in [0.5, 0.6) is 0 Å². The first-order valence-electron chi connectivity index (χ1n) is 5.33. The van der Waals surface area contributed by atoms with Crippen molar-refractivity contribution in [1.29, 1.82) is 0 Å². The Hall–Kier alpha value is -1.03. The van der Waals surface area contributed by atoms with Crippen molar-refractivity contribution >= 4 is 57.4 Å². The van der Waals surface area contributed by atoms with E-state index in [4.69, 9.17) is 0 Å². The van der Waals surface area contributed by atoms with Gasteiger partial charge in [-0.05, 0) is 56.3 Å².